The van der Waals surface area contributed by atoms with Crippen molar-refractivity contribution in [2.24, 2.45) is 4.99 Å². The predicted octanol–water partition coefficient (Wildman–Crippen LogP) is 3.39. The van der Waals surface area contributed by atoms with E-state index in [1.54, 1.807) is 11.3 Å². The molecule has 0 radical (unpaired) electrons. The van der Waals surface area contributed by atoms with E-state index >= 15 is 0 Å². The summed E-state index contributed by atoms with van der Waals surface area (Å²) in [6.07, 6.45) is 3.18. The molecule has 5 nitrogen and oxygen atoms in total. The molecule has 0 amide bonds. The summed E-state index contributed by atoms with van der Waals surface area (Å²) in [6, 6.07) is 9.31. The Balaban J connectivity index is 1.54. The Morgan fingerprint density at radius 3 is 2.79 bits per heavy atom. The van der Waals surface area contributed by atoms with E-state index in [9.17, 15) is 0 Å². The lowest BCUT2D eigenvalue weighted by molar-refractivity contribution is 0.178. The Morgan fingerprint density at radius 1 is 1.25 bits per heavy atom. The van der Waals surface area contributed by atoms with E-state index in [4.69, 9.17) is 4.99 Å². The van der Waals surface area contributed by atoms with E-state index in [0.29, 0.717) is 6.04 Å². The van der Waals surface area contributed by atoms with Crippen LogP contribution in [0.5, 0.6) is 0 Å². The molecule has 152 valence electrons. The van der Waals surface area contributed by atoms with Gasteiger partial charge in [0.15, 0.2) is 5.96 Å². The van der Waals surface area contributed by atoms with Crippen molar-refractivity contribution >= 4 is 17.3 Å². The molecule has 0 bridgehead atoms. The van der Waals surface area contributed by atoms with Gasteiger partial charge in [-0.1, -0.05) is 31.2 Å². The first-order valence-electron chi connectivity index (χ1n) is 10.4. The smallest absolute Gasteiger partial charge is 0.191 e. The lowest BCUT2D eigenvalue weighted by Crippen LogP contribution is -2.43. The molecule has 0 saturated carbocycles. The third-order valence-corrected chi connectivity index (χ3v) is 6.11. The zero-order chi connectivity index (χ0) is 19.8. The molecule has 0 fully saturated rings. The van der Waals surface area contributed by atoms with Crippen LogP contribution in [0.3, 0.4) is 0 Å². The first-order valence-corrected chi connectivity index (χ1v) is 11.3. The van der Waals surface area contributed by atoms with Crippen molar-refractivity contribution in [3.63, 3.8) is 0 Å². The molecule has 1 atom stereocenters. The molecule has 6 heteroatoms. The van der Waals surface area contributed by atoms with Crippen molar-refractivity contribution in [2.45, 2.75) is 52.6 Å². The normalized spacial score (nSPS) is 15.9. The van der Waals surface area contributed by atoms with Gasteiger partial charge in [0.2, 0.25) is 0 Å². The second-order valence-corrected chi connectivity index (χ2v) is 8.37. The van der Waals surface area contributed by atoms with Gasteiger partial charge in [-0.2, -0.15) is 0 Å². The van der Waals surface area contributed by atoms with Crippen molar-refractivity contribution in [1.29, 1.82) is 0 Å². The van der Waals surface area contributed by atoms with Crippen molar-refractivity contribution in [3.8, 4) is 0 Å². The number of aromatic nitrogens is 1. The molecule has 1 aromatic heterocycles. The van der Waals surface area contributed by atoms with Crippen molar-refractivity contribution in [3.05, 3.63) is 51.5 Å². The standard InChI is InChI=1S/C22H33N5S/c1-4-21(27-13-11-18-8-6-7-9-19(18)15-27)14-25-22(23-5-2)24-12-10-20-16-28-17(3)26-20/h6-9,16,21H,4-5,10-15H2,1-3H3,(H2,23,24,25). The van der Waals surface area contributed by atoms with Gasteiger partial charge in [0.05, 0.1) is 17.2 Å². The van der Waals surface area contributed by atoms with Crippen molar-refractivity contribution < 1.29 is 0 Å². The molecule has 1 aliphatic rings. The minimum atomic E-state index is 0.477. The summed E-state index contributed by atoms with van der Waals surface area (Å²) in [5, 5.41) is 10.1. The van der Waals surface area contributed by atoms with Crippen molar-refractivity contribution in [2.75, 3.05) is 26.2 Å². The number of rotatable bonds is 8. The Kier molecular flexibility index (Phi) is 7.86. The second kappa shape index (κ2) is 10.6. The van der Waals surface area contributed by atoms with E-state index < -0.39 is 0 Å². The number of fused-ring (bicyclic) bond motifs is 1. The first-order chi connectivity index (χ1) is 13.7. The first kappa shape index (κ1) is 20.8. The minimum Gasteiger partial charge on any atom is -0.357 e. The highest BCUT2D eigenvalue weighted by Crippen LogP contribution is 2.21. The maximum atomic E-state index is 4.89. The molecule has 2 N–H and O–H groups in total. The van der Waals surface area contributed by atoms with Crippen LogP contribution in [0.25, 0.3) is 0 Å². The summed E-state index contributed by atoms with van der Waals surface area (Å²) >= 11 is 1.71. The van der Waals surface area contributed by atoms with Crippen LogP contribution in [-0.4, -0.2) is 48.1 Å². The molecule has 2 aromatic rings. The largest absolute Gasteiger partial charge is 0.357 e. The Morgan fingerprint density at radius 2 is 2.07 bits per heavy atom. The number of aryl methyl sites for hydroxylation is 1. The highest BCUT2D eigenvalue weighted by Gasteiger charge is 2.22. The molecule has 2 heterocycles. The molecule has 1 aromatic carbocycles. The highest BCUT2D eigenvalue weighted by molar-refractivity contribution is 7.09. The summed E-state index contributed by atoms with van der Waals surface area (Å²) < 4.78 is 0. The number of aliphatic imine (C=N–C) groups is 1. The van der Waals surface area contributed by atoms with Crippen LogP contribution < -0.4 is 10.6 Å². The molecule has 0 saturated heterocycles. The van der Waals surface area contributed by atoms with Crippen LogP contribution in [0.1, 0.15) is 42.1 Å². The lowest BCUT2D eigenvalue weighted by atomic mass is 9.98. The number of guanidine groups is 1. The molecule has 0 spiro atoms. The van der Waals surface area contributed by atoms with Crippen LogP contribution in [0.4, 0.5) is 0 Å². The lowest BCUT2D eigenvalue weighted by Gasteiger charge is -2.34. The van der Waals surface area contributed by atoms with Gasteiger partial charge in [-0.05, 0) is 37.8 Å². The molecule has 28 heavy (non-hydrogen) atoms. The third-order valence-electron chi connectivity index (χ3n) is 5.29. The fourth-order valence-corrected chi connectivity index (χ4v) is 4.35. The number of thiazole rings is 1. The van der Waals surface area contributed by atoms with Gasteiger partial charge in [-0.3, -0.25) is 9.89 Å². The monoisotopic (exact) mass is 399 g/mol. The predicted molar refractivity (Wildman–Crippen MR) is 119 cm³/mol. The Hall–Kier alpha value is -1.92. The Labute approximate surface area is 173 Å². The van der Waals surface area contributed by atoms with Gasteiger partial charge in [-0.25, -0.2) is 4.98 Å². The second-order valence-electron chi connectivity index (χ2n) is 7.31. The Bertz CT molecular complexity index is 770. The minimum absolute atomic E-state index is 0.477. The number of nitrogens with one attached hydrogen (secondary N) is 2. The van der Waals surface area contributed by atoms with E-state index in [1.165, 1.54) is 11.1 Å². The summed E-state index contributed by atoms with van der Waals surface area (Å²) in [5.74, 6) is 0.908. The van der Waals surface area contributed by atoms with Crippen LogP contribution in [-0.2, 0) is 19.4 Å². The average Bonchev–Trinajstić information content (AvgIpc) is 3.13. The topological polar surface area (TPSA) is 52.6 Å². The summed E-state index contributed by atoms with van der Waals surface area (Å²) in [4.78, 5) is 12.0. The molecular weight excluding hydrogens is 366 g/mol. The van der Waals surface area contributed by atoms with E-state index in [0.717, 1.165) is 68.6 Å². The fraction of sp³-hybridized carbons (Fsp3) is 0.545. The molecule has 3 rings (SSSR count). The van der Waals surface area contributed by atoms with Gasteiger partial charge >= 0.3 is 0 Å². The summed E-state index contributed by atoms with van der Waals surface area (Å²) in [7, 11) is 0. The quantitative estimate of drug-likeness (QED) is 0.528. The molecule has 0 aliphatic carbocycles. The molecule has 1 unspecified atom stereocenters. The zero-order valence-corrected chi connectivity index (χ0v) is 18.2. The number of nitrogens with zero attached hydrogens (tertiary/aromatic N) is 3. The highest BCUT2D eigenvalue weighted by atomic mass is 32.1. The van der Waals surface area contributed by atoms with Crippen LogP contribution in [0.2, 0.25) is 0 Å². The molecular formula is C22H33N5S. The van der Waals surface area contributed by atoms with Gasteiger partial charge in [0.25, 0.3) is 0 Å². The van der Waals surface area contributed by atoms with Gasteiger partial charge < -0.3 is 10.6 Å². The fourth-order valence-electron chi connectivity index (χ4n) is 3.70. The van der Waals surface area contributed by atoms with Crippen molar-refractivity contribution in [1.82, 2.24) is 20.5 Å². The number of hydrogen-bond acceptors (Lipinski definition) is 4. The number of benzene rings is 1. The summed E-state index contributed by atoms with van der Waals surface area (Å²) in [6.45, 7) is 11.1. The van der Waals surface area contributed by atoms with Crippen LogP contribution in [0.15, 0.2) is 34.6 Å². The third kappa shape index (κ3) is 5.79. The van der Waals surface area contributed by atoms with Gasteiger partial charge in [0.1, 0.15) is 0 Å². The maximum Gasteiger partial charge on any atom is 0.191 e. The maximum absolute atomic E-state index is 4.89. The van der Waals surface area contributed by atoms with E-state index in [-0.39, 0.29) is 0 Å². The summed E-state index contributed by atoms with van der Waals surface area (Å²) in [5.41, 5.74) is 4.13. The van der Waals surface area contributed by atoms with E-state index in [2.05, 4.69) is 70.9 Å². The number of hydrogen-bond donors (Lipinski definition) is 2. The zero-order valence-electron chi connectivity index (χ0n) is 17.4. The molecule has 1 aliphatic heterocycles. The SMILES string of the molecule is CCNC(=NCC(CC)N1CCc2ccccc2C1)NCCc1csc(C)n1. The average molecular weight is 400 g/mol. The van der Waals surface area contributed by atoms with Crippen LogP contribution >= 0.6 is 11.3 Å². The van der Waals surface area contributed by atoms with Gasteiger partial charge in [-0.15, -0.1) is 11.3 Å². The van der Waals surface area contributed by atoms with E-state index in [1.807, 2.05) is 0 Å². The van der Waals surface area contributed by atoms with Crippen LogP contribution in [0, 0.1) is 6.92 Å². The van der Waals surface area contributed by atoms with Gasteiger partial charge in [0, 0.05) is 44.0 Å².